The van der Waals surface area contributed by atoms with Crippen LogP contribution in [-0.2, 0) is 22.1 Å². The van der Waals surface area contributed by atoms with Gasteiger partial charge in [0.2, 0.25) is 0 Å². The van der Waals surface area contributed by atoms with E-state index in [1.165, 1.54) is 25.3 Å². The molecule has 0 aliphatic carbocycles. The monoisotopic (exact) mass is 488 g/mol. The molecule has 0 saturated carbocycles. The number of carbonyl (C=O) groups excluding carboxylic acids is 1. The van der Waals surface area contributed by atoms with Crippen molar-refractivity contribution < 1.29 is 31.8 Å². The standard InChI is InChI=1S/C17H11BrCl2F4O3/c1-26-16(25)11(18)5-8-4-10(2-3-12(8)19)27-15-13(20)6-9(7-14(15)21)17(22,23)24/h2-4,6-7,11H,5H2,1H3. The average Bonchev–Trinajstić information content (AvgIpc) is 2.58. The van der Waals surface area contributed by atoms with Crippen LogP contribution in [0.15, 0.2) is 30.3 Å². The van der Waals surface area contributed by atoms with Crippen LogP contribution in [0, 0.1) is 5.82 Å². The number of ether oxygens (including phenoxy) is 2. The SMILES string of the molecule is COC(=O)C(Br)Cc1cc(Oc2c(F)cc(C(F)(F)F)cc2Cl)ccc1Cl. The van der Waals surface area contributed by atoms with E-state index in [0.717, 1.165) is 0 Å². The predicted octanol–water partition coefficient (Wildman–Crippen LogP) is 6.42. The van der Waals surface area contributed by atoms with Gasteiger partial charge in [-0.05, 0) is 42.3 Å². The van der Waals surface area contributed by atoms with Crippen molar-refractivity contribution in [1.29, 1.82) is 0 Å². The molecule has 0 fully saturated rings. The smallest absolute Gasteiger partial charge is 0.416 e. The van der Waals surface area contributed by atoms with Gasteiger partial charge in [-0.2, -0.15) is 13.2 Å². The van der Waals surface area contributed by atoms with Crippen molar-refractivity contribution in [3.63, 3.8) is 0 Å². The number of hydrogen-bond donors (Lipinski definition) is 0. The fraction of sp³-hybridized carbons (Fsp3) is 0.235. The fourth-order valence-electron chi connectivity index (χ4n) is 2.11. The summed E-state index contributed by atoms with van der Waals surface area (Å²) in [4.78, 5) is 10.8. The molecule has 0 spiro atoms. The number of benzene rings is 2. The van der Waals surface area contributed by atoms with Crippen molar-refractivity contribution in [3.05, 3.63) is 57.3 Å². The van der Waals surface area contributed by atoms with Gasteiger partial charge in [0.15, 0.2) is 11.6 Å². The summed E-state index contributed by atoms with van der Waals surface area (Å²) in [5.74, 6) is -2.26. The van der Waals surface area contributed by atoms with Crippen molar-refractivity contribution in [2.24, 2.45) is 0 Å². The molecule has 3 nitrogen and oxygen atoms in total. The molecular weight excluding hydrogens is 479 g/mol. The van der Waals surface area contributed by atoms with Crippen molar-refractivity contribution >= 4 is 45.1 Å². The second-order valence-electron chi connectivity index (χ2n) is 5.32. The molecule has 2 aromatic rings. The second kappa shape index (κ2) is 8.67. The largest absolute Gasteiger partial charge is 0.468 e. The lowest BCUT2D eigenvalue weighted by molar-refractivity contribution is -0.140. The number of rotatable bonds is 5. The maximum atomic E-state index is 14.1. The Morgan fingerprint density at radius 3 is 2.41 bits per heavy atom. The second-order valence-corrected chi connectivity index (χ2v) is 7.24. The van der Waals surface area contributed by atoms with Crippen LogP contribution in [0.5, 0.6) is 11.5 Å². The van der Waals surface area contributed by atoms with Gasteiger partial charge in [-0.15, -0.1) is 0 Å². The Hall–Kier alpha value is -1.51. The average molecular weight is 490 g/mol. The summed E-state index contributed by atoms with van der Waals surface area (Å²) in [6, 6.07) is 5.12. The number of methoxy groups -OCH3 is 1. The molecule has 0 aliphatic rings. The van der Waals surface area contributed by atoms with E-state index in [1.807, 2.05) is 0 Å². The number of hydrogen-bond acceptors (Lipinski definition) is 3. The van der Waals surface area contributed by atoms with E-state index in [1.54, 1.807) is 0 Å². The predicted molar refractivity (Wildman–Crippen MR) is 96.4 cm³/mol. The van der Waals surface area contributed by atoms with E-state index in [9.17, 15) is 22.4 Å². The van der Waals surface area contributed by atoms with Gasteiger partial charge >= 0.3 is 12.1 Å². The van der Waals surface area contributed by atoms with Crippen LogP contribution in [0.1, 0.15) is 11.1 Å². The lowest BCUT2D eigenvalue weighted by Crippen LogP contribution is -2.18. The topological polar surface area (TPSA) is 35.5 Å². The third-order valence-corrected chi connectivity index (χ3v) is 4.77. The fourth-order valence-corrected chi connectivity index (χ4v) is 3.09. The molecule has 0 amide bonds. The summed E-state index contributed by atoms with van der Waals surface area (Å²) < 4.78 is 62.1. The first-order valence-corrected chi connectivity index (χ1v) is 8.94. The lowest BCUT2D eigenvalue weighted by atomic mass is 10.1. The van der Waals surface area contributed by atoms with E-state index < -0.39 is 39.1 Å². The Morgan fingerprint density at radius 1 is 1.19 bits per heavy atom. The van der Waals surface area contributed by atoms with Crippen molar-refractivity contribution in [3.8, 4) is 11.5 Å². The highest BCUT2D eigenvalue weighted by molar-refractivity contribution is 9.10. The Kier molecular flexibility index (Phi) is 6.99. The van der Waals surface area contributed by atoms with Crippen LogP contribution in [0.25, 0.3) is 0 Å². The van der Waals surface area contributed by atoms with Gasteiger partial charge < -0.3 is 9.47 Å². The van der Waals surface area contributed by atoms with E-state index >= 15 is 0 Å². The minimum Gasteiger partial charge on any atom is -0.468 e. The molecule has 0 aliphatic heterocycles. The van der Waals surface area contributed by atoms with Crippen molar-refractivity contribution in [2.75, 3.05) is 7.11 Å². The van der Waals surface area contributed by atoms with Gasteiger partial charge in [0.05, 0.1) is 17.7 Å². The normalized spacial score (nSPS) is 12.6. The molecule has 1 unspecified atom stereocenters. The zero-order valence-corrected chi connectivity index (χ0v) is 16.6. The Balaban J connectivity index is 2.31. The molecule has 0 radical (unpaired) electrons. The van der Waals surface area contributed by atoms with Gasteiger partial charge in [-0.1, -0.05) is 39.1 Å². The summed E-state index contributed by atoms with van der Waals surface area (Å²) in [7, 11) is 1.23. The third-order valence-electron chi connectivity index (χ3n) is 3.42. The molecule has 2 rings (SSSR count). The third kappa shape index (κ3) is 5.49. The van der Waals surface area contributed by atoms with Crippen LogP contribution in [-0.4, -0.2) is 17.9 Å². The maximum absolute atomic E-state index is 14.1. The first kappa shape index (κ1) is 21.8. The van der Waals surface area contributed by atoms with Crippen LogP contribution in [0.2, 0.25) is 10.0 Å². The number of alkyl halides is 4. The molecule has 0 aromatic heterocycles. The lowest BCUT2D eigenvalue weighted by Gasteiger charge is -2.14. The van der Waals surface area contributed by atoms with Crippen LogP contribution in [0.4, 0.5) is 17.6 Å². The van der Waals surface area contributed by atoms with Gasteiger partial charge in [0, 0.05) is 5.02 Å². The minimum absolute atomic E-state index is 0.0829. The van der Waals surface area contributed by atoms with Crippen molar-refractivity contribution in [2.45, 2.75) is 17.4 Å². The van der Waals surface area contributed by atoms with Gasteiger partial charge in [-0.25, -0.2) is 4.39 Å². The minimum atomic E-state index is -4.74. The van der Waals surface area contributed by atoms with Gasteiger partial charge in [0.1, 0.15) is 10.6 Å². The van der Waals surface area contributed by atoms with E-state index in [4.69, 9.17) is 27.9 Å². The molecule has 0 heterocycles. The summed E-state index contributed by atoms with van der Waals surface area (Å²) >= 11 is 15.0. The summed E-state index contributed by atoms with van der Waals surface area (Å²) in [5.41, 5.74) is -0.751. The highest BCUT2D eigenvalue weighted by Gasteiger charge is 2.32. The summed E-state index contributed by atoms with van der Waals surface area (Å²) in [5, 5.41) is -0.221. The first-order valence-electron chi connectivity index (χ1n) is 7.27. The number of esters is 1. The molecule has 0 N–H and O–H groups in total. The van der Waals surface area contributed by atoms with Gasteiger partial charge in [0.25, 0.3) is 0 Å². The van der Waals surface area contributed by atoms with Crippen LogP contribution < -0.4 is 4.74 Å². The molecule has 10 heteroatoms. The number of carbonyl (C=O) groups is 1. The highest BCUT2D eigenvalue weighted by Crippen LogP contribution is 2.39. The van der Waals surface area contributed by atoms with E-state index in [0.29, 0.717) is 22.7 Å². The maximum Gasteiger partial charge on any atom is 0.416 e. The zero-order chi connectivity index (χ0) is 20.4. The number of halogens is 7. The van der Waals surface area contributed by atoms with Crippen molar-refractivity contribution in [1.82, 2.24) is 0 Å². The Morgan fingerprint density at radius 2 is 1.85 bits per heavy atom. The molecule has 146 valence electrons. The van der Waals surface area contributed by atoms with E-state index in [2.05, 4.69) is 20.7 Å². The highest BCUT2D eigenvalue weighted by atomic mass is 79.9. The zero-order valence-electron chi connectivity index (χ0n) is 13.5. The Bertz CT molecular complexity index is 836. The molecule has 0 saturated heterocycles. The van der Waals surface area contributed by atoms with E-state index in [-0.39, 0.29) is 12.2 Å². The Labute approximate surface area is 170 Å². The molecular formula is C17H11BrCl2F4O3. The quantitative estimate of drug-likeness (QED) is 0.276. The van der Waals surface area contributed by atoms with Gasteiger partial charge in [-0.3, -0.25) is 4.79 Å². The molecule has 0 bridgehead atoms. The first-order chi connectivity index (χ1) is 12.5. The van der Waals surface area contributed by atoms with Crippen LogP contribution >= 0.6 is 39.1 Å². The summed E-state index contributed by atoms with van der Waals surface area (Å²) in [6.07, 6.45) is -4.60. The van der Waals surface area contributed by atoms with Crippen LogP contribution in [0.3, 0.4) is 0 Å². The molecule has 1 atom stereocenters. The molecule has 27 heavy (non-hydrogen) atoms. The summed E-state index contributed by atoms with van der Waals surface area (Å²) in [6.45, 7) is 0. The molecule has 2 aromatic carbocycles.